The van der Waals surface area contributed by atoms with Gasteiger partial charge in [-0.25, -0.2) is 4.98 Å². The highest BCUT2D eigenvalue weighted by molar-refractivity contribution is 6.29. The summed E-state index contributed by atoms with van der Waals surface area (Å²) in [6, 6.07) is 5.92. The Balaban J connectivity index is 1.89. The van der Waals surface area contributed by atoms with Gasteiger partial charge in [0.15, 0.2) is 5.78 Å². The molecule has 2 aromatic rings. The molecule has 2 aliphatic rings. The molecule has 1 N–H and O–H groups in total. The van der Waals surface area contributed by atoms with E-state index in [0.29, 0.717) is 10.7 Å². The molecule has 4 rings (SSSR count). The summed E-state index contributed by atoms with van der Waals surface area (Å²) in [5.74, 6) is 0.557. The number of fused-ring (bicyclic) bond motifs is 2. The molecule has 0 amide bonds. The van der Waals surface area contributed by atoms with Crippen molar-refractivity contribution in [2.45, 2.75) is 32.6 Å². The molecule has 0 saturated heterocycles. The zero-order valence-electron chi connectivity index (χ0n) is 13.5. The van der Waals surface area contributed by atoms with Gasteiger partial charge < -0.3 is 5.11 Å². The average Bonchev–Trinajstić information content (AvgIpc) is 3.21. The summed E-state index contributed by atoms with van der Waals surface area (Å²) in [6.45, 7) is 2.06. The summed E-state index contributed by atoms with van der Waals surface area (Å²) in [5, 5.41) is 11.2. The van der Waals surface area contributed by atoms with E-state index in [1.54, 1.807) is 17.1 Å². The minimum atomic E-state index is 0.0612. The number of nitrogens with zero attached hydrogens (tertiary/aromatic N) is 2. The van der Waals surface area contributed by atoms with Crippen LogP contribution in [-0.4, -0.2) is 20.4 Å². The predicted molar refractivity (Wildman–Crippen MR) is 93.3 cm³/mol. The van der Waals surface area contributed by atoms with E-state index in [-0.39, 0.29) is 23.4 Å². The number of halogens is 1. The fraction of sp³-hybridized carbons (Fsp3) is 0.368. The smallest absolute Gasteiger partial charge is 0.169 e. The summed E-state index contributed by atoms with van der Waals surface area (Å²) in [6.07, 6.45) is 6.60. The predicted octanol–water partition coefficient (Wildman–Crippen LogP) is 4.36. The van der Waals surface area contributed by atoms with E-state index in [0.717, 1.165) is 42.5 Å². The molecule has 2 atom stereocenters. The minimum absolute atomic E-state index is 0.0612. The Morgan fingerprint density at radius 2 is 2.12 bits per heavy atom. The number of aliphatic hydroxyl groups excluding tert-OH is 1. The van der Waals surface area contributed by atoms with Crippen LogP contribution in [0.2, 0.25) is 5.15 Å². The molecule has 4 nitrogen and oxygen atoms in total. The SMILES string of the molecule is CCc1ccc(-n2cncc2Cl)cc1C1=C(O)C2CCC(C2)C1=O. The maximum Gasteiger partial charge on any atom is 0.169 e. The van der Waals surface area contributed by atoms with Gasteiger partial charge in [-0.05, 0) is 48.9 Å². The highest BCUT2D eigenvalue weighted by Gasteiger charge is 2.41. The molecule has 1 heterocycles. The Kier molecular flexibility index (Phi) is 3.72. The Bertz CT molecular complexity index is 853. The number of allylic oxidation sites excluding steroid dienone is 2. The Hall–Kier alpha value is -2.07. The minimum Gasteiger partial charge on any atom is -0.511 e. The molecule has 1 fully saturated rings. The number of benzene rings is 1. The lowest BCUT2D eigenvalue weighted by Gasteiger charge is -2.23. The highest BCUT2D eigenvalue weighted by Crippen LogP contribution is 2.46. The number of carbonyl (C=O) groups is 1. The van der Waals surface area contributed by atoms with Crippen LogP contribution in [0.15, 0.2) is 36.5 Å². The second-order valence-electron chi connectivity index (χ2n) is 6.61. The van der Waals surface area contributed by atoms with Crippen LogP contribution in [0.25, 0.3) is 11.3 Å². The number of hydrogen-bond acceptors (Lipinski definition) is 3. The molecule has 0 aliphatic heterocycles. The van der Waals surface area contributed by atoms with E-state index in [4.69, 9.17) is 11.6 Å². The van der Waals surface area contributed by atoms with Gasteiger partial charge in [0.2, 0.25) is 0 Å². The Morgan fingerprint density at radius 3 is 2.83 bits per heavy atom. The first kappa shape index (κ1) is 15.5. The first-order valence-electron chi connectivity index (χ1n) is 8.39. The van der Waals surface area contributed by atoms with E-state index in [2.05, 4.69) is 11.9 Å². The van der Waals surface area contributed by atoms with Crippen molar-refractivity contribution in [2.24, 2.45) is 11.8 Å². The molecular formula is C19H19ClN2O2. The van der Waals surface area contributed by atoms with E-state index in [1.165, 1.54) is 0 Å². The van der Waals surface area contributed by atoms with Crippen LogP contribution in [-0.2, 0) is 11.2 Å². The number of ketones is 1. The van der Waals surface area contributed by atoms with Crippen molar-refractivity contribution in [2.75, 3.05) is 0 Å². The zero-order chi connectivity index (χ0) is 16.8. The molecular weight excluding hydrogens is 324 g/mol. The molecule has 24 heavy (non-hydrogen) atoms. The first-order chi connectivity index (χ1) is 11.6. The van der Waals surface area contributed by atoms with Crippen molar-refractivity contribution in [3.8, 4) is 5.69 Å². The number of aryl methyl sites for hydroxylation is 1. The van der Waals surface area contributed by atoms with Crippen LogP contribution in [0.4, 0.5) is 0 Å². The summed E-state index contributed by atoms with van der Waals surface area (Å²) in [4.78, 5) is 16.9. The maximum atomic E-state index is 12.9. The van der Waals surface area contributed by atoms with Gasteiger partial charge in [-0.15, -0.1) is 0 Å². The lowest BCUT2D eigenvalue weighted by atomic mass is 9.81. The third-order valence-corrected chi connectivity index (χ3v) is 5.59. The second kappa shape index (κ2) is 5.78. The third-order valence-electron chi connectivity index (χ3n) is 5.31. The Labute approximate surface area is 145 Å². The van der Waals surface area contributed by atoms with Gasteiger partial charge in [-0.2, -0.15) is 0 Å². The summed E-state index contributed by atoms with van der Waals surface area (Å²) >= 11 is 6.17. The van der Waals surface area contributed by atoms with Crippen LogP contribution in [0.5, 0.6) is 0 Å². The number of imidazole rings is 1. The molecule has 124 valence electrons. The second-order valence-corrected chi connectivity index (χ2v) is 7.00. The van der Waals surface area contributed by atoms with E-state index >= 15 is 0 Å². The fourth-order valence-corrected chi connectivity index (χ4v) is 4.19. The van der Waals surface area contributed by atoms with Gasteiger partial charge in [0, 0.05) is 17.5 Å². The van der Waals surface area contributed by atoms with Crippen LogP contribution >= 0.6 is 11.6 Å². The van der Waals surface area contributed by atoms with E-state index < -0.39 is 0 Å². The van der Waals surface area contributed by atoms with Crippen LogP contribution in [0.1, 0.15) is 37.3 Å². The quantitative estimate of drug-likeness (QED) is 0.901. The normalized spacial score (nSPS) is 23.2. The first-order valence-corrected chi connectivity index (χ1v) is 8.76. The number of aromatic nitrogens is 2. The van der Waals surface area contributed by atoms with Crippen molar-refractivity contribution < 1.29 is 9.90 Å². The topological polar surface area (TPSA) is 55.1 Å². The molecule has 2 aliphatic carbocycles. The molecule has 1 aromatic heterocycles. The Morgan fingerprint density at radius 1 is 1.33 bits per heavy atom. The van der Waals surface area contributed by atoms with Crippen molar-refractivity contribution in [3.63, 3.8) is 0 Å². The molecule has 1 aromatic carbocycles. The molecule has 5 heteroatoms. The van der Waals surface area contributed by atoms with Crippen molar-refractivity contribution >= 4 is 23.0 Å². The average molecular weight is 343 g/mol. The van der Waals surface area contributed by atoms with Crippen LogP contribution in [0, 0.1) is 11.8 Å². The zero-order valence-corrected chi connectivity index (χ0v) is 14.3. The van der Waals surface area contributed by atoms with Gasteiger partial charge >= 0.3 is 0 Å². The molecule has 0 radical (unpaired) electrons. The van der Waals surface area contributed by atoms with Crippen LogP contribution in [0.3, 0.4) is 0 Å². The number of Topliss-reactive ketones (excluding diaryl/α,β-unsaturated/α-hetero) is 1. The van der Waals surface area contributed by atoms with E-state index in [9.17, 15) is 9.90 Å². The molecule has 1 saturated carbocycles. The summed E-state index contributed by atoms with van der Waals surface area (Å²) in [5.41, 5.74) is 3.25. The largest absolute Gasteiger partial charge is 0.511 e. The number of aliphatic hydroxyl groups is 1. The van der Waals surface area contributed by atoms with Gasteiger partial charge in [0.05, 0.1) is 11.8 Å². The standard InChI is InChI=1S/C19H19ClN2O2/c1-2-11-5-6-14(22-10-21-9-16(22)20)8-15(11)17-18(23)12-3-4-13(7-12)19(17)24/h5-6,8-10,12-13,23H,2-4,7H2,1H3. The highest BCUT2D eigenvalue weighted by atomic mass is 35.5. The summed E-state index contributed by atoms with van der Waals surface area (Å²) < 4.78 is 1.77. The van der Waals surface area contributed by atoms with Gasteiger partial charge in [0.25, 0.3) is 0 Å². The van der Waals surface area contributed by atoms with Gasteiger partial charge in [-0.1, -0.05) is 24.6 Å². The monoisotopic (exact) mass is 342 g/mol. The maximum absolute atomic E-state index is 12.9. The number of rotatable bonds is 3. The fourth-order valence-electron chi connectivity index (χ4n) is 4.00. The van der Waals surface area contributed by atoms with E-state index in [1.807, 2.05) is 18.2 Å². The third kappa shape index (κ3) is 2.28. The summed E-state index contributed by atoms with van der Waals surface area (Å²) in [7, 11) is 0. The van der Waals surface area contributed by atoms with Crippen molar-refractivity contribution in [1.82, 2.24) is 9.55 Å². The van der Waals surface area contributed by atoms with Gasteiger partial charge in [-0.3, -0.25) is 9.36 Å². The number of carbonyl (C=O) groups excluding carboxylic acids is 1. The van der Waals surface area contributed by atoms with Crippen molar-refractivity contribution in [3.05, 3.63) is 52.8 Å². The van der Waals surface area contributed by atoms with Gasteiger partial charge in [0.1, 0.15) is 17.2 Å². The lowest BCUT2D eigenvalue weighted by Crippen LogP contribution is -2.22. The number of hydrogen-bond donors (Lipinski definition) is 1. The lowest BCUT2D eigenvalue weighted by molar-refractivity contribution is -0.117. The molecule has 0 spiro atoms. The molecule has 2 bridgehead atoms. The van der Waals surface area contributed by atoms with Crippen LogP contribution < -0.4 is 0 Å². The molecule has 2 unspecified atom stereocenters. The van der Waals surface area contributed by atoms with Crippen molar-refractivity contribution in [1.29, 1.82) is 0 Å².